The molecule has 312 valence electrons. The van der Waals surface area contributed by atoms with Crippen LogP contribution in [0.2, 0.25) is 39.3 Å². The minimum atomic E-state index is -1.61. The van der Waals surface area contributed by atoms with Crippen molar-refractivity contribution in [1.82, 2.24) is 10.6 Å². The Morgan fingerprint density at radius 3 is 1.40 bits per heavy atom. The largest absolute Gasteiger partial charge is 0.748 e. The molecule has 55 heavy (non-hydrogen) atoms. The first-order valence-electron chi connectivity index (χ1n) is 23.3. The van der Waals surface area contributed by atoms with Crippen molar-refractivity contribution < 1.29 is 17.1 Å². The molecule has 2 aromatic carbocycles. The maximum Gasteiger partial charge on any atom is 0.0508 e. The zero-order valence-corrected chi connectivity index (χ0v) is 40.9. The quantitative estimate of drug-likeness (QED) is 0.149. The molecular formula is C48H78FeN2P2Si2-6. The molecule has 3 unspecified atom stereocenters. The van der Waals surface area contributed by atoms with E-state index < -0.39 is 16.1 Å². The van der Waals surface area contributed by atoms with Gasteiger partial charge in [0.05, 0.1) is 8.07 Å². The second-order valence-electron chi connectivity index (χ2n) is 22.8. The Labute approximate surface area is 354 Å². The Bertz CT molecular complexity index is 1430. The Morgan fingerprint density at radius 1 is 0.673 bits per heavy atom. The van der Waals surface area contributed by atoms with Crippen LogP contribution >= 0.6 is 17.2 Å². The molecule has 10 aliphatic rings. The summed E-state index contributed by atoms with van der Waals surface area (Å²) in [5.74, 6) is 10.2. The van der Waals surface area contributed by atoms with E-state index in [1.807, 2.05) is 51.8 Å². The van der Waals surface area contributed by atoms with Gasteiger partial charge in [0.1, 0.15) is 0 Å². The molecular weight excluding hydrogens is 779 g/mol. The maximum absolute atomic E-state index is 3.95. The van der Waals surface area contributed by atoms with Gasteiger partial charge in [-0.15, -0.1) is 17.2 Å². The van der Waals surface area contributed by atoms with Crippen LogP contribution in [-0.4, -0.2) is 53.6 Å². The first kappa shape index (κ1) is 42.1. The van der Waals surface area contributed by atoms with Gasteiger partial charge in [-0.2, -0.15) is 27.6 Å². The van der Waals surface area contributed by atoms with Crippen LogP contribution in [0, 0.1) is 59.2 Å². The van der Waals surface area contributed by atoms with E-state index in [2.05, 4.69) is 65.2 Å². The van der Waals surface area contributed by atoms with E-state index in [9.17, 15) is 0 Å². The third kappa shape index (κ3) is 8.16. The molecule has 0 spiro atoms. The number of hydrogen-bond acceptors (Lipinski definition) is 2. The van der Waals surface area contributed by atoms with E-state index in [1.165, 1.54) is 58.0 Å². The normalized spacial score (nSPS) is 39.5. The minimum absolute atomic E-state index is 0. The third-order valence-electron chi connectivity index (χ3n) is 17.2. The van der Waals surface area contributed by atoms with E-state index >= 15 is 0 Å². The van der Waals surface area contributed by atoms with Gasteiger partial charge in [0.15, 0.2) is 0 Å². The van der Waals surface area contributed by atoms with Crippen molar-refractivity contribution in [3.63, 3.8) is 0 Å². The van der Waals surface area contributed by atoms with Crippen LogP contribution in [-0.2, 0) is 28.4 Å². The van der Waals surface area contributed by atoms with E-state index in [0.717, 1.165) is 70.5 Å². The molecule has 10 fully saturated rings. The van der Waals surface area contributed by atoms with Crippen molar-refractivity contribution in [2.75, 3.05) is 26.2 Å². The minimum Gasteiger partial charge on any atom is -0.748 e. The van der Waals surface area contributed by atoms with E-state index in [1.54, 1.807) is 64.2 Å². The smallest absolute Gasteiger partial charge is 0.0508 e. The van der Waals surface area contributed by atoms with Crippen molar-refractivity contribution in [1.29, 1.82) is 0 Å². The maximum atomic E-state index is 3.95. The summed E-state index contributed by atoms with van der Waals surface area (Å²) >= 11 is 0. The average molecular weight is 857 g/mol. The fourth-order valence-electron chi connectivity index (χ4n) is 15.7. The Balaban J connectivity index is 0.000000661. The molecule has 2 N–H and O–H groups in total. The summed E-state index contributed by atoms with van der Waals surface area (Å²) in [6, 6.07) is 13.0. The van der Waals surface area contributed by atoms with Crippen LogP contribution < -0.4 is 21.0 Å². The fraction of sp³-hybridized carbons (Fsp3) is 0.792. The predicted molar refractivity (Wildman–Crippen MR) is 245 cm³/mol. The molecule has 2 nitrogen and oxygen atoms in total. The van der Waals surface area contributed by atoms with Crippen LogP contribution in [0.25, 0.3) is 0 Å². The molecule has 8 aliphatic carbocycles. The summed E-state index contributed by atoms with van der Waals surface area (Å²) < 4.78 is 0. The SMILES string of the molecule is C[Si](C)(C)c1c(CP(C2C3CC4CC(C3)CC2C4)C2C3CC4CC(C3)CC2C4)c(C(P)(C2CCCNC2)C2CCCNC2)c[c-]1[Si](C)(C)C.[Fe].[cH-]1[cH-][cH-][cH-][cH-]1. The summed E-state index contributed by atoms with van der Waals surface area (Å²) in [6.07, 6.45) is 23.2. The molecule has 3 atom stereocenters. The molecule has 8 saturated carbocycles. The van der Waals surface area contributed by atoms with Gasteiger partial charge in [0.2, 0.25) is 0 Å². The van der Waals surface area contributed by atoms with Crippen molar-refractivity contribution >= 4 is 43.7 Å². The molecule has 2 saturated heterocycles. The van der Waals surface area contributed by atoms with E-state index in [4.69, 9.17) is 0 Å². The average Bonchev–Trinajstić information content (AvgIpc) is 3.84. The standard InChI is InChI=1S/C43H73N2P2Si2.C5H5.Fe/c1-48(2,3)39-23-38(43(46,35-9-7-11-44-24-35)36-10-8-12-45-25-36)37(42(39)49(4,5)6)26-47(40-31-15-27-13-28(17-31)18-32(40)16-27)41-33-19-29-14-30(21-33)22-34(41)20-29;1-2-4-5-3-1;/h23,27-36,40-41,44-45H,7-22,24-26,46H2,1-6H3;1-5H;/q-1;-5;. The predicted octanol–water partition coefficient (Wildman–Crippen LogP) is 10.6. The summed E-state index contributed by atoms with van der Waals surface area (Å²) in [5.41, 5.74) is 6.08. The Kier molecular flexibility index (Phi) is 12.8. The number of nitrogens with one attached hydrogen (secondary N) is 2. The van der Waals surface area contributed by atoms with Gasteiger partial charge < -0.3 is 41.0 Å². The zero-order valence-electron chi connectivity index (χ0n) is 35.7. The molecule has 7 heteroatoms. The second-order valence-corrected chi connectivity index (χ2v) is 36.4. The molecule has 0 radical (unpaired) electrons. The van der Waals surface area contributed by atoms with E-state index in [-0.39, 0.29) is 30.1 Å². The van der Waals surface area contributed by atoms with Gasteiger partial charge in [0.25, 0.3) is 0 Å². The molecule has 2 heterocycles. The van der Waals surface area contributed by atoms with Crippen molar-refractivity contribution in [2.45, 2.75) is 152 Å². The van der Waals surface area contributed by atoms with Gasteiger partial charge in [-0.25, -0.2) is 0 Å². The van der Waals surface area contributed by atoms with Crippen LogP contribution in [0.5, 0.6) is 0 Å². The Morgan fingerprint density at radius 2 is 1.07 bits per heavy atom. The third-order valence-corrected chi connectivity index (χ3v) is 26.7. The first-order chi connectivity index (χ1) is 25.9. The van der Waals surface area contributed by atoms with Crippen LogP contribution in [0.4, 0.5) is 0 Å². The van der Waals surface area contributed by atoms with Gasteiger partial charge in [0, 0.05) is 25.1 Å². The van der Waals surface area contributed by atoms with Crippen molar-refractivity contribution in [3.05, 3.63) is 47.5 Å². The molecule has 0 amide bonds. The van der Waals surface area contributed by atoms with Crippen LogP contribution in [0.1, 0.15) is 101 Å². The van der Waals surface area contributed by atoms with Crippen LogP contribution in [0.15, 0.2) is 36.4 Å². The molecule has 2 aromatic rings. The summed E-state index contributed by atoms with van der Waals surface area (Å²) in [7, 11) is 0.568. The molecule has 0 aromatic heterocycles. The Hall–Kier alpha value is 0.433. The number of hydrogen-bond donors (Lipinski definition) is 2. The zero-order chi connectivity index (χ0) is 37.4. The van der Waals surface area contributed by atoms with Gasteiger partial charge >= 0.3 is 0 Å². The van der Waals surface area contributed by atoms with Crippen LogP contribution in [0.3, 0.4) is 0 Å². The second kappa shape index (κ2) is 16.7. The fourth-order valence-corrected chi connectivity index (χ4v) is 27.0. The number of piperidine rings is 2. The van der Waals surface area contributed by atoms with Gasteiger partial charge in [-0.3, -0.25) is 0 Å². The number of rotatable bonds is 9. The van der Waals surface area contributed by atoms with Crippen molar-refractivity contribution in [3.8, 4) is 0 Å². The van der Waals surface area contributed by atoms with Gasteiger partial charge in [-0.1, -0.05) is 45.4 Å². The molecule has 8 bridgehead atoms. The summed E-state index contributed by atoms with van der Waals surface area (Å²) in [5, 5.41) is 12.0. The molecule has 12 rings (SSSR count). The topological polar surface area (TPSA) is 24.1 Å². The molecule has 2 aliphatic heterocycles. The summed E-state index contributed by atoms with van der Waals surface area (Å²) in [6.45, 7) is 21.2. The van der Waals surface area contributed by atoms with Gasteiger partial charge in [-0.05, 0) is 192 Å². The summed E-state index contributed by atoms with van der Waals surface area (Å²) in [4.78, 5) is 0. The monoisotopic (exact) mass is 856 g/mol. The first-order valence-corrected chi connectivity index (χ1v) is 32.6. The van der Waals surface area contributed by atoms with E-state index in [0.29, 0.717) is 0 Å². The van der Waals surface area contributed by atoms with Crippen molar-refractivity contribution in [2.24, 2.45) is 59.2 Å².